The molecule has 0 spiro atoms. The Bertz CT molecular complexity index is 459. The first kappa shape index (κ1) is 11.7. The molecular weight excluding hydrogens is 212 g/mol. The number of amides is 1. The monoisotopic (exact) mass is 228 g/mol. The molecular formula is C14H16N2O. The highest BCUT2D eigenvalue weighted by Crippen LogP contribution is 2.39. The molecule has 1 fully saturated rings. The van der Waals surface area contributed by atoms with Gasteiger partial charge in [-0.1, -0.05) is 32.0 Å². The summed E-state index contributed by atoms with van der Waals surface area (Å²) < 4.78 is 0. The average Bonchev–Trinajstić information content (AvgIpc) is 2.51. The molecule has 0 bridgehead atoms. The maximum atomic E-state index is 12.3. The number of anilines is 1. The van der Waals surface area contributed by atoms with Crippen LogP contribution in [0.1, 0.15) is 26.7 Å². The van der Waals surface area contributed by atoms with Gasteiger partial charge in [-0.25, -0.2) is 0 Å². The SMILES string of the molecule is CC1(C)CC(CC#N)N(c2ccccc2)C1=O. The van der Waals surface area contributed by atoms with Crippen LogP contribution in [0, 0.1) is 16.7 Å². The second-order valence-electron chi connectivity index (χ2n) is 5.11. The number of benzene rings is 1. The molecule has 3 nitrogen and oxygen atoms in total. The van der Waals surface area contributed by atoms with Gasteiger partial charge in [-0.2, -0.15) is 5.26 Å². The van der Waals surface area contributed by atoms with E-state index in [2.05, 4.69) is 6.07 Å². The molecule has 1 atom stereocenters. The summed E-state index contributed by atoms with van der Waals surface area (Å²) in [6.07, 6.45) is 1.14. The molecule has 88 valence electrons. The van der Waals surface area contributed by atoms with Crippen LogP contribution in [0.25, 0.3) is 0 Å². The Morgan fingerprint density at radius 3 is 2.65 bits per heavy atom. The Balaban J connectivity index is 2.37. The van der Waals surface area contributed by atoms with Crippen LogP contribution < -0.4 is 4.90 Å². The molecule has 3 heteroatoms. The largest absolute Gasteiger partial charge is 0.308 e. The van der Waals surface area contributed by atoms with E-state index in [-0.39, 0.29) is 17.4 Å². The van der Waals surface area contributed by atoms with Gasteiger partial charge in [-0.05, 0) is 18.6 Å². The van der Waals surface area contributed by atoms with Crippen molar-refractivity contribution in [3.63, 3.8) is 0 Å². The van der Waals surface area contributed by atoms with Gasteiger partial charge in [0.2, 0.25) is 5.91 Å². The van der Waals surface area contributed by atoms with E-state index in [9.17, 15) is 4.79 Å². The van der Waals surface area contributed by atoms with E-state index in [4.69, 9.17) is 5.26 Å². The van der Waals surface area contributed by atoms with Crippen molar-refractivity contribution in [2.24, 2.45) is 5.41 Å². The molecule has 1 aromatic carbocycles. The maximum absolute atomic E-state index is 12.3. The number of nitrogens with zero attached hydrogens (tertiary/aromatic N) is 2. The van der Waals surface area contributed by atoms with E-state index in [1.807, 2.05) is 44.2 Å². The van der Waals surface area contributed by atoms with Crippen molar-refractivity contribution >= 4 is 11.6 Å². The summed E-state index contributed by atoms with van der Waals surface area (Å²) in [6.45, 7) is 3.89. The number of para-hydroxylation sites is 1. The van der Waals surface area contributed by atoms with Gasteiger partial charge >= 0.3 is 0 Å². The minimum atomic E-state index is -0.364. The van der Waals surface area contributed by atoms with Crippen LogP contribution in [-0.2, 0) is 4.79 Å². The van der Waals surface area contributed by atoms with Crippen LogP contribution in [0.5, 0.6) is 0 Å². The normalized spacial score (nSPS) is 22.5. The molecule has 2 rings (SSSR count). The minimum Gasteiger partial charge on any atom is -0.308 e. The Labute approximate surface area is 102 Å². The summed E-state index contributed by atoms with van der Waals surface area (Å²) >= 11 is 0. The second kappa shape index (κ2) is 4.21. The lowest BCUT2D eigenvalue weighted by Crippen LogP contribution is -2.35. The average molecular weight is 228 g/mol. The molecule has 0 N–H and O–H groups in total. The van der Waals surface area contributed by atoms with Gasteiger partial charge in [0.15, 0.2) is 0 Å². The first-order chi connectivity index (χ1) is 8.06. The van der Waals surface area contributed by atoms with Crippen molar-refractivity contribution in [1.29, 1.82) is 5.26 Å². The minimum absolute atomic E-state index is 0.00454. The van der Waals surface area contributed by atoms with Crippen LogP contribution in [-0.4, -0.2) is 11.9 Å². The van der Waals surface area contributed by atoms with Crippen LogP contribution in [0.15, 0.2) is 30.3 Å². The summed E-state index contributed by atoms with van der Waals surface area (Å²) in [7, 11) is 0. The molecule has 1 aliphatic heterocycles. The third kappa shape index (κ3) is 2.03. The Morgan fingerprint density at radius 1 is 1.41 bits per heavy atom. The van der Waals surface area contributed by atoms with Gasteiger partial charge in [-0.15, -0.1) is 0 Å². The summed E-state index contributed by atoms with van der Waals surface area (Å²) in [6, 6.07) is 11.8. The van der Waals surface area contributed by atoms with Gasteiger partial charge in [0.1, 0.15) is 0 Å². The van der Waals surface area contributed by atoms with Gasteiger partial charge in [0.05, 0.1) is 18.5 Å². The number of hydrogen-bond acceptors (Lipinski definition) is 2. The summed E-state index contributed by atoms with van der Waals surface area (Å²) in [5.74, 6) is 0.115. The number of carbonyl (C=O) groups excluding carboxylic acids is 1. The lowest BCUT2D eigenvalue weighted by atomic mass is 9.89. The molecule has 0 saturated carbocycles. The molecule has 1 aliphatic rings. The molecule has 17 heavy (non-hydrogen) atoms. The number of nitriles is 1. The smallest absolute Gasteiger partial charge is 0.233 e. The Kier molecular flexibility index (Phi) is 2.89. The Hall–Kier alpha value is -1.82. The highest BCUT2D eigenvalue weighted by molar-refractivity contribution is 6.00. The standard InChI is InChI=1S/C14H16N2O/c1-14(2)10-12(8-9-15)16(13(14)17)11-6-4-3-5-7-11/h3-7,12H,8,10H2,1-2H3. The summed E-state index contributed by atoms with van der Waals surface area (Å²) in [5.41, 5.74) is 0.528. The van der Waals surface area contributed by atoms with E-state index in [0.717, 1.165) is 12.1 Å². The fraction of sp³-hybridized carbons (Fsp3) is 0.429. The zero-order valence-electron chi connectivity index (χ0n) is 10.2. The molecule has 0 aliphatic carbocycles. The van der Waals surface area contributed by atoms with E-state index in [0.29, 0.717) is 6.42 Å². The molecule has 0 radical (unpaired) electrons. The zero-order valence-corrected chi connectivity index (χ0v) is 10.2. The van der Waals surface area contributed by atoms with Crippen molar-refractivity contribution in [3.8, 4) is 6.07 Å². The topological polar surface area (TPSA) is 44.1 Å². The quantitative estimate of drug-likeness (QED) is 0.781. The van der Waals surface area contributed by atoms with Crippen LogP contribution in [0.4, 0.5) is 5.69 Å². The van der Waals surface area contributed by atoms with Crippen molar-refractivity contribution in [3.05, 3.63) is 30.3 Å². The predicted octanol–water partition coefficient (Wildman–Crippen LogP) is 2.73. The lowest BCUT2D eigenvalue weighted by Gasteiger charge is -2.23. The van der Waals surface area contributed by atoms with E-state index < -0.39 is 0 Å². The molecule has 1 unspecified atom stereocenters. The zero-order chi connectivity index (χ0) is 12.5. The first-order valence-corrected chi connectivity index (χ1v) is 5.82. The van der Waals surface area contributed by atoms with Crippen molar-refractivity contribution in [2.45, 2.75) is 32.7 Å². The molecule has 1 heterocycles. The molecule has 0 aromatic heterocycles. The molecule has 1 amide bonds. The fourth-order valence-corrected chi connectivity index (χ4v) is 2.45. The van der Waals surface area contributed by atoms with Gasteiger partial charge in [0, 0.05) is 11.1 Å². The van der Waals surface area contributed by atoms with E-state index in [1.165, 1.54) is 0 Å². The van der Waals surface area contributed by atoms with Crippen molar-refractivity contribution in [1.82, 2.24) is 0 Å². The highest BCUT2D eigenvalue weighted by Gasteiger charge is 2.45. The van der Waals surface area contributed by atoms with Crippen LogP contribution >= 0.6 is 0 Å². The van der Waals surface area contributed by atoms with Gasteiger partial charge < -0.3 is 4.90 Å². The second-order valence-corrected chi connectivity index (χ2v) is 5.11. The van der Waals surface area contributed by atoms with Crippen LogP contribution in [0.3, 0.4) is 0 Å². The van der Waals surface area contributed by atoms with E-state index in [1.54, 1.807) is 4.90 Å². The number of carbonyl (C=O) groups is 1. The summed E-state index contributed by atoms with van der Waals surface area (Å²) in [5, 5.41) is 8.86. The van der Waals surface area contributed by atoms with Gasteiger partial charge in [-0.3, -0.25) is 4.79 Å². The highest BCUT2D eigenvalue weighted by atomic mass is 16.2. The van der Waals surface area contributed by atoms with Crippen molar-refractivity contribution in [2.75, 3.05) is 4.90 Å². The van der Waals surface area contributed by atoms with Crippen molar-refractivity contribution < 1.29 is 4.79 Å². The third-order valence-electron chi connectivity index (χ3n) is 3.27. The fourth-order valence-electron chi connectivity index (χ4n) is 2.45. The number of rotatable bonds is 2. The predicted molar refractivity (Wildman–Crippen MR) is 66.3 cm³/mol. The van der Waals surface area contributed by atoms with Gasteiger partial charge in [0.25, 0.3) is 0 Å². The molecule has 1 aromatic rings. The summed E-state index contributed by atoms with van der Waals surface area (Å²) in [4.78, 5) is 14.1. The number of hydrogen-bond donors (Lipinski definition) is 0. The lowest BCUT2D eigenvalue weighted by molar-refractivity contribution is -0.124. The first-order valence-electron chi connectivity index (χ1n) is 5.82. The third-order valence-corrected chi connectivity index (χ3v) is 3.27. The van der Waals surface area contributed by atoms with E-state index >= 15 is 0 Å². The van der Waals surface area contributed by atoms with Crippen LogP contribution in [0.2, 0.25) is 0 Å². The molecule has 1 saturated heterocycles. The maximum Gasteiger partial charge on any atom is 0.233 e. The Morgan fingerprint density at radius 2 is 2.06 bits per heavy atom.